The number of nitrogens with one attached hydrogen (secondary N) is 1. The second-order valence-corrected chi connectivity index (χ2v) is 5.47. The van der Waals surface area contributed by atoms with E-state index in [1.807, 2.05) is 4.90 Å². The molecule has 1 N–H and O–H groups in total. The lowest BCUT2D eigenvalue weighted by atomic mass is 10.2. The van der Waals surface area contributed by atoms with E-state index in [9.17, 15) is 10.1 Å². The lowest BCUT2D eigenvalue weighted by Crippen LogP contribution is -2.39. The van der Waals surface area contributed by atoms with Gasteiger partial charge in [0.25, 0.3) is 0 Å². The van der Waals surface area contributed by atoms with E-state index in [1.54, 1.807) is 14.0 Å². The molecule has 21 heavy (non-hydrogen) atoms. The van der Waals surface area contributed by atoms with Crippen LogP contribution in [0.2, 0.25) is 0 Å². The first-order valence-electron chi connectivity index (χ1n) is 7.10. The van der Waals surface area contributed by atoms with Crippen molar-refractivity contribution in [2.75, 3.05) is 43.9 Å². The number of rotatable bonds is 3. The quantitative estimate of drug-likeness (QED) is 0.663. The zero-order valence-electron chi connectivity index (χ0n) is 13.0. The number of likely N-dealkylation sites (N-methyl/N-ethyl adjacent to an activating group) is 1. The molecule has 0 saturated carbocycles. The molecule has 8 heteroatoms. The zero-order valence-corrected chi connectivity index (χ0v) is 13.0. The van der Waals surface area contributed by atoms with Crippen LogP contribution in [-0.4, -0.2) is 59.6 Å². The molecule has 1 unspecified atom stereocenters. The van der Waals surface area contributed by atoms with Crippen molar-refractivity contribution < 1.29 is 4.92 Å². The number of anilines is 2. The van der Waals surface area contributed by atoms with Gasteiger partial charge >= 0.3 is 5.69 Å². The Labute approximate surface area is 124 Å². The van der Waals surface area contributed by atoms with Gasteiger partial charge in [0.05, 0.1) is 4.92 Å². The topological polar surface area (TPSA) is 87.4 Å². The normalized spacial score (nSPS) is 20.2. The van der Waals surface area contributed by atoms with E-state index in [0.29, 0.717) is 17.5 Å². The van der Waals surface area contributed by atoms with E-state index in [-0.39, 0.29) is 16.7 Å². The van der Waals surface area contributed by atoms with Crippen LogP contribution in [0.15, 0.2) is 0 Å². The Morgan fingerprint density at radius 1 is 1.38 bits per heavy atom. The molecular formula is C13H22N6O2. The van der Waals surface area contributed by atoms with Crippen LogP contribution in [-0.2, 0) is 0 Å². The molecular weight excluding hydrogens is 272 g/mol. The molecule has 8 nitrogen and oxygen atoms in total. The number of hydrogen-bond donors (Lipinski definition) is 1. The molecule has 0 radical (unpaired) electrons. The first-order valence-corrected chi connectivity index (χ1v) is 7.10. The second kappa shape index (κ2) is 6.21. The van der Waals surface area contributed by atoms with Crippen molar-refractivity contribution in [2.45, 2.75) is 26.3 Å². The van der Waals surface area contributed by atoms with Crippen molar-refractivity contribution >= 4 is 17.5 Å². The van der Waals surface area contributed by atoms with E-state index in [4.69, 9.17) is 0 Å². The maximum Gasteiger partial charge on any atom is 0.332 e. The number of hydrogen-bond acceptors (Lipinski definition) is 7. The van der Waals surface area contributed by atoms with E-state index < -0.39 is 0 Å². The number of aryl methyl sites for hydroxylation is 1. The third-order valence-electron chi connectivity index (χ3n) is 3.76. The fraction of sp³-hybridized carbons (Fsp3) is 0.692. The predicted molar refractivity (Wildman–Crippen MR) is 81.9 cm³/mol. The minimum Gasteiger partial charge on any atom is -0.357 e. The van der Waals surface area contributed by atoms with Gasteiger partial charge in [0.15, 0.2) is 0 Å². The fourth-order valence-electron chi connectivity index (χ4n) is 2.76. The highest BCUT2D eigenvalue weighted by Gasteiger charge is 2.30. The van der Waals surface area contributed by atoms with Gasteiger partial charge in [0, 0.05) is 26.2 Å². The maximum absolute atomic E-state index is 11.4. The van der Waals surface area contributed by atoms with Crippen LogP contribution in [0.4, 0.5) is 17.5 Å². The molecule has 1 aromatic rings. The van der Waals surface area contributed by atoms with Gasteiger partial charge in [-0.25, -0.2) is 4.98 Å². The summed E-state index contributed by atoms with van der Waals surface area (Å²) in [6.45, 7) is 6.32. The molecule has 1 fully saturated rings. The summed E-state index contributed by atoms with van der Waals surface area (Å²) in [5, 5.41) is 14.3. The van der Waals surface area contributed by atoms with Crippen LogP contribution in [0.25, 0.3) is 0 Å². The van der Waals surface area contributed by atoms with Gasteiger partial charge in [-0.1, -0.05) is 0 Å². The van der Waals surface area contributed by atoms with Gasteiger partial charge in [0.2, 0.25) is 11.8 Å². The summed E-state index contributed by atoms with van der Waals surface area (Å²) in [5.74, 6) is 0.831. The average Bonchev–Trinajstić information content (AvgIpc) is 2.57. The predicted octanol–water partition coefficient (Wildman–Crippen LogP) is 1.27. The molecule has 1 saturated heterocycles. The third kappa shape index (κ3) is 3.21. The Bertz CT molecular complexity index is 536. The molecule has 2 rings (SSSR count). The van der Waals surface area contributed by atoms with Gasteiger partial charge in [0.1, 0.15) is 5.69 Å². The van der Waals surface area contributed by atoms with Crippen LogP contribution in [0, 0.1) is 17.0 Å². The minimum absolute atomic E-state index is 0.00500. The molecule has 0 amide bonds. The maximum atomic E-state index is 11.4. The standard InChI is InChI=1S/C13H22N6O2/c1-9-8-17(4)6-5-7-18(9)12-11(19(20)21)10(2)15-13(14-3)16-12/h9H,5-8H2,1-4H3,(H,14,15,16). The van der Waals surface area contributed by atoms with E-state index in [0.717, 1.165) is 26.1 Å². The first-order chi connectivity index (χ1) is 9.93. The summed E-state index contributed by atoms with van der Waals surface area (Å²) in [6.07, 6.45) is 0.954. The molecule has 1 aliphatic heterocycles. The Morgan fingerprint density at radius 2 is 2.10 bits per heavy atom. The summed E-state index contributed by atoms with van der Waals surface area (Å²) in [7, 11) is 3.78. The van der Waals surface area contributed by atoms with Gasteiger partial charge in [-0.05, 0) is 33.9 Å². The Hall–Kier alpha value is -1.96. The van der Waals surface area contributed by atoms with Crippen LogP contribution in [0.3, 0.4) is 0 Å². The summed E-state index contributed by atoms with van der Waals surface area (Å²) in [5.41, 5.74) is 0.393. The molecule has 116 valence electrons. The molecule has 1 aliphatic rings. The summed E-state index contributed by atoms with van der Waals surface area (Å²) in [4.78, 5) is 23.8. The van der Waals surface area contributed by atoms with E-state index in [2.05, 4.69) is 34.2 Å². The smallest absolute Gasteiger partial charge is 0.332 e. The molecule has 2 heterocycles. The van der Waals surface area contributed by atoms with Crippen LogP contribution in [0.5, 0.6) is 0 Å². The second-order valence-electron chi connectivity index (χ2n) is 5.47. The monoisotopic (exact) mass is 294 g/mol. The van der Waals surface area contributed by atoms with Gasteiger partial charge in [-0.3, -0.25) is 10.1 Å². The minimum atomic E-state index is -0.383. The van der Waals surface area contributed by atoms with E-state index in [1.165, 1.54) is 0 Å². The van der Waals surface area contributed by atoms with Crippen LogP contribution in [0.1, 0.15) is 19.0 Å². The molecule has 1 aromatic heterocycles. The summed E-state index contributed by atoms with van der Waals surface area (Å²) in [6, 6.07) is 0.162. The molecule has 0 spiro atoms. The number of nitro groups is 1. The van der Waals surface area contributed by atoms with Gasteiger partial charge < -0.3 is 15.1 Å². The number of aromatic nitrogens is 2. The van der Waals surface area contributed by atoms with Crippen molar-refractivity contribution in [1.82, 2.24) is 14.9 Å². The highest BCUT2D eigenvalue weighted by molar-refractivity contribution is 5.63. The van der Waals surface area contributed by atoms with Crippen molar-refractivity contribution in [1.29, 1.82) is 0 Å². The van der Waals surface area contributed by atoms with Crippen molar-refractivity contribution in [3.63, 3.8) is 0 Å². The summed E-state index contributed by atoms with van der Waals surface area (Å²) < 4.78 is 0. The molecule has 0 aromatic carbocycles. The lowest BCUT2D eigenvalue weighted by Gasteiger charge is -2.29. The average molecular weight is 294 g/mol. The van der Waals surface area contributed by atoms with Crippen molar-refractivity contribution in [3.05, 3.63) is 15.8 Å². The van der Waals surface area contributed by atoms with Crippen molar-refractivity contribution in [3.8, 4) is 0 Å². The molecule has 0 aliphatic carbocycles. The number of nitrogens with zero attached hydrogens (tertiary/aromatic N) is 5. The SMILES string of the molecule is CNc1nc(C)c([N+](=O)[O-])c(N2CCCN(C)CC2C)n1. The Balaban J connectivity index is 2.49. The lowest BCUT2D eigenvalue weighted by molar-refractivity contribution is -0.385. The summed E-state index contributed by atoms with van der Waals surface area (Å²) >= 11 is 0. The van der Waals surface area contributed by atoms with Crippen LogP contribution >= 0.6 is 0 Å². The van der Waals surface area contributed by atoms with Crippen LogP contribution < -0.4 is 10.2 Å². The first kappa shape index (κ1) is 15.4. The molecule has 1 atom stereocenters. The largest absolute Gasteiger partial charge is 0.357 e. The van der Waals surface area contributed by atoms with E-state index >= 15 is 0 Å². The van der Waals surface area contributed by atoms with Crippen molar-refractivity contribution in [2.24, 2.45) is 0 Å². The van der Waals surface area contributed by atoms with Gasteiger partial charge in [-0.15, -0.1) is 0 Å². The Kier molecular flexibility index (Phi) is 4.56. The fourth-order valence-corrected chi connectivity index (χ4v) is 2.76. The van der Waals surface area contributed by atoms with Gasteiger partial charge in [-0.2, -0.15) is 4.98 Å². The third-order valence-corrected chi connectivity index (χ3v) is 3.76. The molecule has 0 bridgehead atoms. The zero-order chi connectivity index (χ0) is 15.6. The Morgan fingerprint density at radius 3 is 2.71 bits per heavy atom. The highest BCUT2D eigenvalue weighted by atomic mass is 16.6. The highest BCUT2D eigenvalue weighted by Crippen LogP contribution is 2.31.